The number of halogens is 3. The summed E-state index contributed by atoms with van der Waals surface area (Å²) in [6.45, 7) is 0. The lowest BCUT2D eigenvalue weighted by molar-refractivity contribution is 0.100. The second kappa shape index (κ2) is 5.68. The number of nitrogens with one attached hydrogen (secondary N) is 1. The number of anilines is 3. The standard InChI is InChI=1S/C13H10BrClFN3O/c14-8-4-6(16)5-9(15)12(8)19-10-3-1-2-7(11(10)17)13(18)20/h1-5,19H,17H2,(H2,18,20). The fourth-order valence-electron chi connectivity index (χ4n) is 1.69. The minimum atomic E-state index is -0.629. The average Bonchev–Trinajstić information content (AvgIpc) is 2.35. The maximum absolute atomic E-state index is 13.2. The van der Waals surface area contributed by atoms with Crippen LogP contribution in [0, 0.1) is 5.82 Å². The molecule has 0 aliphatic heterocycles. The summed E-state index contributed by atoms with van der Waals surface area (Å²) < 4.78 is 13.6. The third kappa shape index (κ3) is 2.86. The Balaban J connectivity index is 2.46. The summed E-state index contributed by atoms with van der Waals surface area (Å²) >= 11 is 9.18. The fourth-order valence-corrected chi connectivity index (χ4v) is 2.58. The highest BCUT2D eigenvalue weighted by atomic mass is 79.9. The van der Waals surface area contributed by atoms with E-state index < -0.39 is 11.7 Å². The van der Waals surface area contributed by atoms with Crippen LogP contribution in [0.5, 0.6) is 0 Å². The van der Waals surface area contributed by atoms with Crippen molar-refractivity contribution in [2.24, 2.45) is 5.73 Å². The van der Waals surface area contributed by atoms with E-state index in [9.17, 15) is 9.18 Å². The molecule has 0 atom stereocenters. The lowest BCUT2D eigenvalue weighted by atomic mass is 10.1. The van der Waals surface area contributed by atoms with Gasteiger partial charge in [-0.15, -0.1) is 0 Å². The summed E-state index contributed by atoms with van der Waals surface area (Å²) in [6.07, 6.45) is 0. The molecule has 2 aromatic rings. The molecule has 0 aliphatic carbocycles. The van der Waals surface area contributed by atoms with E-state index in [1.165, 1.54) is 18.2 Å². The molecule has 0 saturated heterocycles. The summed E-state index contributed by atoms with van der Waals surface area (Å²) in [5.74, 6) is -1.10. The minimum Gasteiger partial charge on any atom is -0.396 e. The Morgan fingerprint density at radius 3 is 2.65 bits per heavy atom. The predicted octanol–water partition coefficient (Wildman–Crippen LogP) is 3.67. The van der Waals surface area contributed by atoms with Gasteiger partial charge in [-0.2, -0.15) is 0 Å². The normalized spacial score (nSPS) is 10.3. The zero-order chi connectivity index (χ0) is 14.9. The molecule has 2 rings (SSSR count). The van der Waals surface area contributed by atoms with E-state index in [0.717, 1.165) is 0 Å². The average molecular weight is 359 g/mol. The highest BCUT2D eigenvalue weighted by molar-refractivity contribution is 9.10. The Morgan fingerprint density at radius 1 is 1.35 bits per heavy atom. The van der Waals surface area contributed by atoms with Crippen LogP contribution in [0.15, 0.2) is 34.8 Å². The van der Waals surface area contributed by atoms with Crippen LogP contribution >= 0.6 is 27.5 Å². The number of primary amides is 1. The molecule has 0 aliphatic rings. The summed E-state index contributed by atoms with van der Waals surface area (Å²) in [5.41, 5.74) is 12.4. The Morgan fingerprint density at radius 2 is 2.05 bits per heavy atom. The molecular formula is C13H10BrClFN3O. The number of para-hydroxylation sites is 1. The number of benzene rings is 2. The van der Waals surface area contributed by atoms with Gasteiger partial charge in [0.25, 0.3) is 5.91 Å². The second-order valence-electron chi connectivity index (χ2n) is 4.00. The number of rotatable bonds is 3. The van der Waals surface area contributed by atoms with Gasteiger partial charge in [0.1, 0.15) is 5.82 Å². The van der Waals surface area contributed by atoms with Crippen LogP contribution in [-0.4, -0.2) is 5.91 Å². The molecule has 0 aromatic heterocycles. The number of amides is 1. The Hall–Kier alpha value is -1.79. The van der Waals surface area contributed by atoms with E-state index in [2.05, 4.69) is 21.2 Å². The maximum atomic E-state index is 13.2. The molecule has 0 radical (unpaired) electrons. The van der Waals surface area contributed by atoms with Gasteiger partial charge >= 0.3 is 0 Å². The van der Waals surface area contributed by atoms with Crippen molar-refractivity contribution in [2.75, 3.05) is 11.1 Å². The Kier molecular flexibility index (Phi) is 4.15. The monoisotopic (exact) mass is 357 g/mol. The third-order valence-electron chi connectivity index (χ3n) is 2.64. The largest absolute Gasteiger partial charge is 0.396 e. The van der Waals surface area contributed by atoms with Gasteiger partial charge in [-0.1, -0.05) is 17.7 Å². The van der Waals surface area contributed by atoms with Crippen molar-refractivity contribution in [1.82, 2.24) is 0 Å². The molecule has 4 nitrogen and oxygen atoms in total. The number of carbonyl (C=O) groups excluding carboxylic acids is 1. The highest BCUT2D eigenvalue weighted by Crippen LogP contribution is 2.36. The van der Waals surface area contributed by atoms with Crippen LogP contribution in [0.3, 0.4) is 0 Å². The number of carbonyl (C=O) groups is 1. The van der Waals surface area contributed by atoms with Crippen molar-refractivity contribution < 1.29 is 9.18 Å². The Bertz CT molecular complexity index is 670. The zero-order valence-electron chi connectivity index (χ0n) is 10.1. The van der Waals surface area contributed by atoms with E-state index in [-0.39, 0.29) is 16.3 Å². The van der Waals surface area contributed by atoms with Crippen molar-refractivity contribution >= 4 is 50.5 Å². The number of nitrogen functional groups attached to an aromatic ring is 1. The van der Waals surface area contributed by atoms with E-state index in [0.29, 0.717) is 15.8 Å². The molecule has 7 heteroatoms. The molecule has 20 heavy (non-hydrogen) atoms. The second-order valence-corrected chi connectivity index (χ2v) is 5.26. The molecule has 2 aromatic carbocycles. The van der Waals surface area contributed by atoms with E-state index >= 15 is 0 Å². The fraction of sp³-hybridized carbons (Fsp3) is 0. The number of hydrogen-bond donors (Lipinski definition) is 3. The predicted molar refractivity (Wildman–Crippen MR) is 81.8 cm³/mol. The van der Waals surface area contributed by atoms with Crippen molar-refractivity contribution in [3.8, 4) is 0 Å². The highest BCUT2D eigenvalue weighted by Gasteiger charge is 2.13. The summed E-state index contributed by atoms with van der Waals surface area (Å²) in [4.78, 5) is 11.2. The van der Waals surface area contributed by atoms with E-state index in [4.69, 9.17) is 23.1 Å². The molecule has 0 fully saturated rings. The van der Waals surface area contributed by atoms with Crippen molar-refractivity contribution in [3.63, 3.8) is 0 Å². The molecule has 104 valence electrons. The van der Waals surface area contributed by atoms with Gasteiger partial charge in [-0.3, -0.25) is 4.79 Å². The van der Waals surface area contributed by atoms with Gasteiger partial charge in [0.05, 0.1) is 27.6 Å². The minimum absolute atomic E-state index is 0.181. The van der Waals surface area contributed by atoms with Gasteiger partial charge < -0.3 is 16.8 Å². The van der Waals surface area contributed by atoms with Crippen LogP contribution in [-0.2, 0) is 0 Å². The molecule has 0 unspecified atom stereocenters. The van der Waals surface area contributed by atoms with Gasteiger partial charge in [0.2, 0.25) is 0 Å². The number of hydrogen-bond acceptors (Lipinski definition) is 3. The first kappa shape index (κ1) is 14.6. The molecular weight excluding hydrogens is 349 g/mol. The van der Waals surface area contributed by atoms with Crippen molar-refractivity contribution in [2.45, 2.75) is 0 Å². The molecule has 0 spiro atoms. The quantitative estimate of drug-likeness (QED) is 0.732. The molecule has 0 saturated carbocycles. The van der Waals surface area contributed by atoms with Crippen LogP contribution < -0.4 is 16.8 Å². The first-order valence-electron chi connectivity index (χ1n) is 5.50. The molecule has 1 amide bonds. The lowest BCUT2D eigenvalue weighted by Crippen LogP contribution is -2.14. The van der Waals surface area contributed by atoms with Gasteiger partial charge in [-0.05, 0) is 40.2 Å². The van der Waals surface area contributed by atoms with Crippen LogP contribution in [0.1, 0.15) is 10.4 Å². The van der Waals surface area contributed by atoms with Crippen LogP contribution in [0.2, 0.25) is 5.02 Å². The summed E-state index contributed by atoms with van der Waals surface area (Å²) in [5, 5.41) is 3.13. The number of nitrogens with two attached hydrogens (primary N) is 2. The van der Waals surface area contributed by atoms with Crippen LogP contribution in [0.25, 0.3) is 0 Å². The molecule has 0 bridgehead atoms. The van der Waals surface area contributed by atoms with Gasteiger partial charge in [0.15, 0.2) is 0 Å². The molecule has 5 N–H and O–H groups in total. The van der Waals surface area contributed by atoms with Crippen LogP contribution in [0.4, 0.5) is 21.5 Å². The lowest BCUT2D eigenvalue weighted by Gasteiger charge is -2.14. The Labute approximate surface area is 128 Å². The summed E-state index contributed by atoms with van der Waals surface area (Å²) in [7, 11) is 0. The first-order valence-corrected chi connectivity index (χ1v) is 6.67. The van der Waals surface area contributed by atoms with Crippen molar-refractivity contribution in [3.05, 3.63) is 51.2 Å². The maximum Gasteiger partial charge on any atom is 0.250 e. The smallest absolute Gasteiger partial charge is 0.250 e. The SMILES string of the molecule is NC(=O)c1cccc(Nc2c(Cl)cc(F)cc2Br)c1N. The van der Waals surface area contributed by atoms with Gasteiger partial charge in [0, 0.05) is 4.47 Å². The van der Waals surface area contributed by atoms with E-state index in [1.807, 2.05) is 0 Å². The van der Waals surface area contributed by atoms with E-state index in [1.54, 1.807) is 12.1 Å². The van der Waals surface area contributed by atoms with Crippen molar-refractivity contribution in [1.29, 1.82) is 0 Å². The first-order chi connectivity index (χ1) is 9.40. The topological polar surface area (TPSA) is 81.1 Å². The van der Waals surface area contributed by atoms with Gasteiger partial charge in [-0.25, -0.2) is 4.39 Å². The summed E-state index contributed by atoms with van der Waals surface area (Å²) in [6, 6.07) is 7.24. The zero-order valence-corrected chi connectivity index (χ0v) is 12.4. The molecule has 0 heterocycles. The third-order valence-corrected chi connectivity index (χ3v) is 3.56.